The molecule has 0 spiro atoms. The van der Waals surface area contributed by atoms with Gasteiger partial charge >= 0.3 is 6.03 Å². The number of aromatic hydroxyl groups is 1. The molecule has 0 aliphatic carbocycles. The molecule has 1 heterocycles. The van der Waals surface area contributed by atoms with Crippen molar-refractivity contribution in [3.63, 3.8) is 0 Å². The highest BCUT2D eigenvalue weighted by molar-refractivity contribution is 6.09. The van der Waals surface area contributed by atoms with Gasteiger partial charge < -0.3 is 15.7 Å². The lowest BCUT2D eigenvalue weighted by atomic mass is 9.84. The van der Waals surface area contributed by atoms with Gasteiger partial charge in [-0.3, -0.25) is 14.5 Å². The highest BCUT2D eigenvalue weighted by atomic mass is 16.3. The molecule has 3 N–H and O–H groups in total. The van der Waals surface area contributed by atoms with Gasteiger partial charge in [0.15, 0.2) is 0 Å². The first-order chi connectivity index (χ1) is 14.5. The Kier molecular flexibility index (Phi) is 6.06. The quantitative estimate of drug-likeness (QED) is 0.622. The van der Waals surface area contributed by atoms with Gasteiger partial charge in [-0.25, -0.2) is 4.79 Å². The summed E-state index contributed by atoms with van der Waals surface area (Å²) in [6.07, 6.45) is 0.573. The first kappa shape index (κ1) is 22.3. The number of benzene rings is 2. The molecule has 0 bridgehead atoms. The zero-order chi connectivity index (χ0) is 22.8. The minimum atomic E-state index is -1.21. The van der Waals surface area contributed by atoms with E-state index < -0.39 is 23.4 Å². The molecule has 0 radical (unpaired) electrons. The van der Waals surface area contributed by atoms with Crippen LogP contribution in [0, 0.1) is 0 Å². The normalized spacial score (nSPS) is 18.8. The molecule has 4 amide bonds. The van der Waals surface area contributed by atoms with Gasteiger partial charge in [0.05, 0.1) is 0 Å². The van der Waals surface area contributed by atoms with E-state index in [4.69, 9.17) is 0 Å². The molecule has 1 aliphatic heterocycles. The largest absolute Gasteiger partial charge is 0.508 e. The molecule has 7 heteroatoms. The highest BCUT2D eigenvalue weighted by Gasteiger charge is 2.49. The van der Waals surface area contributed by atoms with E-state index in [1.54, 1.807) is 31.2 Å². The molecule has 1 atom stereocenters. The molecular formula is C24H29N3O4. The molecular weight excluding hydrogens is 394 g/mol. The molecule has 1 saturated heterocycles. The first-order valence-corrected chi connectivity index (χ1v) is 10.3. The van der Waals surface area contributed by atoms with Crippen LogP contribution < -0.4 is 10.6 Å². The van der Waals surface area contributed by atoms with E-state index in [0.29, 0.717) is 18.5 Å². The van der Waals surface area contributed by atoms with Crippen molar-refractivity contribution in [2.24, 2.45) is 0 Å². The lowest BCUT2D eigenvalue weighted by Gasteiger charge is -2.24. The van der Waals surface area contributed by atoms with Crippen LogP contribution in [0.1, 0.15) is 44.4 Å². The van der Waals surface area contributed by atoms with Crippen LogP contribution in [0.25, 0.3) is 0 Å². The molecule has 2 aromatic rings. The van der Waals surface area contributed by atoms with E-state index in [-0.39, 0.29) is 17.7 Å². The minimum Gasteiger partial charge on any atom is -0.508 e. The van der Waals surface area contributed by atoms with Crippen molar-refractivity contribution in [3.8, 4) is 5.75 Å². The van der Waals surface area contributed by atoms with E-state index >= 15 is 0 Å². The maximum absolute atomic E-state index is 13.0. The van der Waals surface area contributed by atoms with Crippen molar-refractivity contribution >= 4 is 17.8 Å². The molecule has 3 rings (SSSR count). The predicted octanol–water partition coefficient (Wildman–Crippen LogP) is 2.82. The van der Waals surface area contributed by atoms with Crippen LogP contribution in [-0.4, -0.2) is 40.9 Å². The number of carbonyl (C=O) groups excluding carboxylic acids is 3. The second kappa shape index (κ2) is 8.41. The van der Waals surface area contributed by atoms with E-state index in [0.717, 1.165) is 16.0 Å². The Morgan fingerprint density at radius 3 is 2.26 bits per heavy atom. The average molecular weight is 424 g/mol. The molecule has 1 unspecified atom stereocenters. The smallest absolute Gasteiger partial charge is 0.325 e. The van der Waals surface area contributed by atoms with Crippen molar-refractivity contribution in [3.05, 3.63) is 65.2 Å². The number of nitrogens with one attached hydrogen (secondary N) is 2. The number of urea groups is 1. The lowest BCUT2D eigenvalue weighted by molar-refractivity contribution is -0.134. The maximum atomic E-state index is 13.0. The second-order valence-corrected chi connectivity index (χ2v) is 9.04. The number of amides is 4. The average Bonchev–Trinajstić information content (AvgIpc) is 2.93. The summed E-state index contributed by atoms with van der Waals surface area (Å²) in [5.41, 5.74) is 1.53. The van der Waals surface area contributed by atoms with Crippen molar-refractivity contribution in [2.75, 3.05) is 13.1 Å². The zero-order valence-electron chi connectivity index (χ0n) is 18.4. The van der Waals surface area contributed by atoms with Crippen molar-refractivity contribution in [1.82, 2.24) is 15.5 Å². The number of hydrogen-bond donors (Lipinski definition) is 3. The van der Waals surface area contributed by atoms with Crippen LogP contribution in [0.15, 0.2) is 48.5 Å². The van der Waals surface area contributed by atoms with Crippen LogP contribution >= 0.6 is 0 Å². The van der Waals surface area contributed by atoms with Gasteiger partial charge in [-0.05, 0) is 47.6 Å². The fourth-order valence-electron chi connectivity index (χ4n) is 3.55. The molecule has 2 aromatic carbocycles. The maximum Gasteiger partial charge on any atom is 0.325 e. The van der Waals surface area contributed by atoms with Crippen LogP contribution in [0.5, 0.6) is 5.75 Å². The molecule has 0 aromatic heterocycles. The van der Waals surface area contributed by atoms with Crippen molar-refractivity contribution < 1.29 is 19.5 Å². The number of imide groups is 1. The van der Waals surface area contributed by atoms with Crippen molar-refractivity contribution in [1.29, 1.82) is 0 Å². The fourth-order valence-corrected chi connectivity index (χ4v) is 3.55. The Labute approximate surface area is 182 Å². The minimum absolute atomic E-state index is 0.0212. The number of hydrogen-bond acceptors (Lipinski definition) is 4. The molecule has 0 saturated carbocycles. The Hall–Kier alpha value is -3.35. The molecule has 7 nitrogen and oxygen atoms in total. The lowest BCUT2D eigenvalue weighted by Crippen LogP contribution is -2.43. The van der Waals surface area contributed by atoms with Gasteiger partial charge in [-0.2, -0.15) is 0 Å². The van der Waals surface area contributed by atoms with E-state index in [1.165, 1.54) is 0 Å². The summed E-state index contributed by atoms with van der Waals surface area (Å²) >= 11 is 0. The predicted molar refractivity (Wildman–Crippen MR) is 118 cm³/mol. The molecule has 164 valence electrons. The standard InChI is InChI=1S/C24H29N3O4/c1-23(2,3)17-7-9-18(10-8-17)24(4)21(30)27(22(31)26-24)15-20(29)25-14-13-16-5-11-19(28)12-6-16/h5-12,28H,13-15H2,1-4H3,(H,25,29)(H,26,31). The van der Waals surface area contributed by atoms with Crippen LogP contribution in [0.3, 0.4) is 0 Å². The second-order valence-electron chi connectivity index (χ2n) is 9.04. The summed E-state index contributed by atoms with van der Waals surface area (Å²) < 4.78 is 0. The van der Waals surface area contributed by atoms with Gasteiger partial charge in [0.1, 0.15) is 17.8 Å². The number of phenols is 1. The Bertz CT molecular complexity index is 977. The SMILES string of the molecule is CC(C)(C)c1ccc(C2(C)NC(=O)N(CC(=O)NCCc3ccc(O)cc3)C2=O)cc1. The Morgan fingerprint density at radius 2 is 1.68 bits per heavy atom. The van der Waals surface area contributed by atoms with E-state index in [2.05, 4.69) is 31.4 Å². The molecule has 1 fully saturated rings. The summed E-state index contributed by atoms with van der Waals surface area (Å²) in [5, 5.41) is 14.8. The van der Waals surface area contributed by atoms with E-state index in [9.17, 15) is 19.5 Å². The summed E-state index contributed by atoms with van der Waals surface area (Å²) in [7, 11) is 0. The number of carbonyl (C=O) groups is 3. The van der Waals surface area contributed by atoms with Gasteiger partial charge in [-0.1, -0.05) is 57.2 Å². The van der Waals surface area contributed by atoms with Gasteiger partial charge in [0.2, 0.25) is 5.91 Å². The summed E-state index contributed by atoms with van der Waals surface area (Å²) in [6.45, 7) is 7.99. The summed E-state index contributed by atoms with van der Waals surface area (Å²) in [6, 6.07) is 13.7. The number of rotatable bonds is 6. The van der Waals surface area contributed by atoms with Gasteiger partial charge in [-0.15, -0.1) is 0 Å². The fraction of sp³-hybridized carbons (Fsp3) is 0.375. The first-order valence-electron chi connectivity index (χ1n) is 10.3. The summed E-state index contributed by atoms with van der Waals surface area (Å²) in [4.78, 5) is 38.7. The third kappa shape index (κ3) is 4.87. The van der Waals surface area contributed by atoms with Gasteiger partial charge in [0, 0.05) is 6.54 Å². The van der Waals surface area contributed by atoms with Crippen LogP contribution in [0.4, 0.5) is 4.79 Å². The van der Waals surface area contributed by atoms with Crippen LogP contribution in [0.2, 0.25) is 0 Å². The summed E-state index contributed by atoms with van der Waals surface area (Å²) in [5.74, 6) is -0.674. The Morgan fingerprint density at radius 1 is 1.06 bits per heavy atom. The zero-order valence-corrected chi connectivity index (χ0v) is 18.4. The highest BCUT2D eigenvalue weighted by Crippen LogP contribution is 2.31. The monoisotopic (exact) mass is 423 g/mol. The number of nitrogens with zero attached hydrogens (tertiary/aromatic N) is 1. The van der Waals surface area contributed by atoms with Gasteiger partial charge in [0.25, 0.3) is 5.91 Å². The number of phenolic OH excluding ortho intramolecular Hbond substituents is 1. The topological polar surface area (TPSA) is 98.7 Å². The third-order valence-electron chi connectivity index (χ3n) is 5.58. The van der Waals surface area contributed by atoms with E-state index in [1.807, 2.05) is 24.3 Å². The third-order valence-corrected chi connectivity index (χ3v) is 5.58. The molecule has 1 aliphatic rings. The molecule has 31 heavy (non-hydrogen) atoms. The van der Waals surface area contributed by atoms with Crippen LogP contribution in [-0.2, 0) is 27.0 Å². The van der Waals surface area contributed by atoms with Crippen molar-refractivity contribution in [2.45, 2.75) is 45.1 Å². The Balaban J connectivity index is 1.61.